The molecule has 2 aromatic rings. The van der Waals surface area contributed by atoms with Crippen LogP contribution >= 0.6 is 0 Å². The quantitative estimate of drug-likeness (QED) is 0.686. The summed E-state index contributed by atoms with van der Waals surface area (Å²) in [6, 6.07) is 12.2. The van der Waals surface area contributed by atoms with E-state index in [-0.39, 0.29) is 6.10 Å². The van der Waals surface area contributed by atoms with Gasteiger partial charge in [-0.3, -0.25) is 0 Å². The fourth-order valence-electron chi connectivity index (χ4n) is 3.30. The van der Waals surface area contributed by atoms with Crippen LogP contribution in [0.4, 0.5) is 11.8 Å². The second-order valence-electron chi connectivity index (χ2n) is 7.06. The van der Waals surface area contributed by atoms with Crippen molar-refractivity contribution < 1.29 is 14.6 Å². The number of hydrogen-bond donors (Lipinski definition) is 2. The van der Waals surface area contributed by atoms with Crippen LogP contribution in [0.2, 0.25) is 0 Å². The van der Waals surface area contributed by atoms with E-state index in [0.29, 0.717) is 51.3 Å². The SMILES string of the molecule is OC1CN(c2nc(NCCOCc3ccccc3)cc([C@@H]3CCOC3)n2)C1. The van der Waals surface area contributed by atoms with Crippen LogP contribution in [0.25, 0.3) is 0 Å². The highest BCUT2D eigenvalue weighted by molar-refractivity contribution is 5.46. The summed E-state index contributed by atoms with van der Waals surface area (Å²) in [6.45, 7) is 4.54. The molecule has 0 aliphatic carbocycles. The van der Waals surface area contributed by atoms with Gasteiger partial charge >= 0.3 is 0 Å². The molecule has 1 aromatic carbocycles. The number of aromatic nitrogens is 2. The van der Waals surface area contributed by atoms with Crippen molar-refractivity contribution in [3.63, 3.8) is 0 Å². The molecule has 0 amide bonds. The maximum Gasteiger partial charge on any atom is 0.227 e. The van der Waals surface area contributed by atoms with Crippen molar-refractivity contribution in [2.24, 2.45) is 0 Å². The van der Waals surface area contributed by atoms with Crippen molar-refractivity contribution in [3.05, 3.63) is 47.7 Å². The number of benzene rings is 1. The molecule has 7 heteroatoms. The molecular formula is C20H26N4O3. The van der Waals surface area contributed by atoms with Crippen molar-refractivity contribution >= 4 is 11.8 Å². The molecule has 0 saturated carbocycles. The molecule has 0 bridgehead atoms. The van der Waals surface area contributed by atoms with Gasteiger partial charge in [-0.05, 0) is 12.0 Å². The van der Waals surface area contributed by atoms with Gasteiger partial charge in [-0.2, -0.15) is 4.98 Å². The number of nitrogens with one attached hydrogen (secondary N) is 1. The average Bonchev–Trinajstić information content (AvgIpc) is 3.21. The van der Waals surface area contributed by atoms with Gasteiger partial charge in [-0.25, -0.2) is 4.98 Å². The number of anilines is 2. The Hall–Kier alpha value is -2.22. The third-order valence-electron chi connectivity index (χ3n) is 4.89. The molecule has 7 nitrogen and oxygen atoms in total. The first-order chi connectivity index (χ1) is 13.3. The van der Waals surface area contributed by atoms with E-state index in [1.54, 1.807) is 0 Å². The van der Waals surface area contributed by atoms with Gasteiger partial charge < -0.3 is 24.8 Å². The van der Waals surface area contributed by atoms with Gasteiger partial charge in [0.2, 0.25) is 5.95 Å². The van der Waals surface area contributed by atoms with Crippen LogP contribution in [-0.2, 0) is 16.1 Å². The minimum Gasteiger partial charge on any atom is -0.389 e. The highest BCUT2D eigenvalue weighted by atomic mass is 16.5. The Balaban J connectivity index is 1.34. The predicted molar refractivity (Wildman–Crippen MR) is 103 cm³/mol. The first-order valence-corrected chi connectivity index (χ1v) is 9.53. The zero-order chi connectivity index (χ0) is 18.5. The molecule has 2 aliphatic rings. The summed E-state index contributed by atoms with van der Waals surface area (Å²) < 4.78 is 11.2. The normalized spacial score (nSPS) is 19.9. The van der Waals surface area contributed by atoms with Crippen LogP contribution in [-0.4, -0.2) is 60.6 Å². The Labute approximate surface area is 159 Å². The summed E-state index contributed by atoms with van der Waals surface area (Å²) in [5.41, 5.74) is 2.17. The first-order valence-electron chi connectivity index (χ1n) is 9.53. The van der Waals surface area contributed by atoms with E-state index in [0.717, 1.165) is 24.5 Å². The summed E-state index contributed by atoms with van der Waals surface area (Å²) in [5.74, 6) is 1.79. The lowest BCUT2D eigenvalue weighted by atomic mass is 10.0. The largest absolute Gasteiger partial charge is 0.389 e. The molecule has 1 aromatic heterocycles. The van der Waals surface area contributed by atoms with Crippen LogP contribution in [0.1, 0.15) is 23.6 Å². The monoisotopic (exact) mass is 370 g/mol. The number of hydrogen-bond acceptors (Lipinski definition) is 7. The van der Waals surface area contributed by atoms with Gasteiger partial charge in [-0.1, -0.05) is 30.3 Å². The lowest BCUT2D eigenvalue weighted by Gasteiger charge is -2.36. The molecule has 144 valence electrons. The zero-order valence-corrected chi connectivity index (χ0v) is 15.4. The van der Waals surface area contributed by atoms with E-state index in [1.165, 1.54) is 5.56 Å². The van der Waals surface area contributed by atoms with Gasteiger partial charge in [0, 0.05) is 38.2 Å². The summed E-state index contributed by atoms with van der Waals surface area (Å²) in [5, 5.41) is 12.9. The molecule has 0 radical (unpaired) electrons. The fourth-order valence-corrected chi connectivity index (χ4v) is 3.30. The summed E-state index contributed by atoms with van der Waals surface area (Å²) >= 11 is 0. The molecule has 0 spiro atoms. The molecule has 2 saturated heterocycles. The second-order valence-corrected chi connectivity index (χ2v) is 7.06. The third-order valence-corrected chi connectivity index (χ3v) is 4.89. The molecule has 0 unspecified atom stereocenters. The van der Waals surface area contributed by atoms with Gasteiger partial charge in [0.05, 0.1) is 31.6 Å². The van der Waals surface area contributed by atoms with Gasteiger partial charge in [0.25, 0.3) is 0 Å². The molecule has 2 fully saturated rings. The van der Waals surface area contributed by atoms with Gasteiger partial charge in [0.15, 0.2) is 0 Å². The van der Waals surface area contributed by atoms with E-state index in [2.05, 4.69) is 22.4 Å². The number of nitrogens with zero attached hydrogens (tertiary/aromatic N) is 3. The highest BCUT2D eigenvalue weighted by Crippen LogP contribution is 2.28. The van der Waals surface area contributed by atoms with Crippen LogP contribution in [0, 0.1) is 0 Å². The maximum atomic E-state index is 9.57. The van der Waals surface area contributed by atoms with E-state index in [4.69, 9.17) is 14.5 Å². The minimum absolute atomic E-state index is 0.283. The van der Waals surface area contributed by atoms with Crippen LogP contribution < -0.4 is 10.2 Å². The maximum absolute atomic E-state index is 9.57. The molecule has 4 rings (SSSR count). The molecule has 3 heterocycles. The second kappa shape index (κ2) is 8.65. The molecule has 2 aliphatic heterocycles. The summed E-state index contributed by atoms with van der Waals surface area (Å²) in [6.07, 6.45) is 0.702. The van der Waals surface area contributed by atoms with Crippen molar-refractivity contribution in [2.45, 2.75) is 25.0 Å². The standard InChI is InChI=1S/C20H26N4O3/c25-17-11-24(12-17)20-22-18(16-6-8-26-14-16)10-19(23-20)21-7-9-27-13-15-4-2-1-3-5-15/h1-5,10,16-17,25H,6-9,11-14H2,(H,21,22,23)/t16-/m1/s1. The van der Waals surface area contributed by atoms with Crippen molar-refractivity contribution in [1.82, 2.24) is 9.97 Å². The van der Waals surface area contributed by atoms with Crippen LogP contribution in [0.3, 0.4) is 0 Å². The predicted octanol–water partition coefficient (Wildman–Crippen LogP) is 1.79. The number of aliphatic hydroxyl groups is 1. The molecule has 1 atom stereocenters. The Kier molecular flexibility index (Phi) is 5.81. The smallest absolute Gasteiger partial charge is 0.227 e. The van der Waals surface area contributed by atoms with Crippen LogP contribution in [0.5, 0.6) is 0 Å². The minimum atomic E-state index is -0.283. The van der Waals surface area contributed by atoms with Crippen molar-refractivity contribution in [3.8, 4) is 0 Å². The number of ether oxygens (including phenoxy) is 2. The average molecular weight is 370 g/mol. The van der Waals surface area contributed by atoms with Crippen molar-refractivity contribution in [1.29, 1.82) is 0 Å². The Morgan fingerprint density at radius 2 is 2.07 bits per heavy atom. The third kappa shape index (κ3) is 4.74. The zero-order valence-electron chi connectivity index (χ0n) is 15.4. The Morgan fingerprint density at radius 1 is 1.22 bits per heavy atom. The lowest BCUT2D eigenvalue weighted by molar-refractivity contribution is 0.130. The summed E-state index contributed by atoms with van der Waals surface area (Å²) in [4.78, 5) is 11.3. The Bertz CT molecular complexity index is 731. The van der Waals surface area contributed by atoms with E-state index < -0.39 is 0 Å². The molecule has 27 heavy (non-hydrogen) atoms. The fraction of sp³-hybridized carbons (Fsp3) is 0.500. The molecular weight excluding hydrogens is 344 g/mol. The first kappa shape index (κ1) is 18.2. The van der Waals surface area contributed by atoms with E-state index in [1.807, 2.05) is 29.2 Å². The van der Waals surface area contributed by atoms with Gasteiger partial charge in [-0.15, -0.1) is 0 Å². The lowest BCUT2D eigenvalue weighted by Crippen LogP contribution is -2.51. The summed E-state index contributed by atoms with van der Waals surface area (Å²) in [7, 11) is 0. The van der Waals surface area contributed by atoms with Crippen molar-refractivity contribution in [2.75, 3.05) is 49.7 Å². The highest BCUT2D eigenvalue weighted by Gasteiger charge is 2.28. The van der Waals surface area contributed by atoms with Crippen LogP contribution in [0.15, 0.2) is 36.4 Å². The number of aliphatic hydroxyl groups excluding tert-OH is 1. The van der Waals surface area contributed by atoms with E-state index >= 15 is 0 Å². The molecule has 2 N–H and O–H groups in total. The van der Waals surface area contributed by atoms with E-state index in [9.17, 15) is 5.11 Å². The number of rotatable bonds is 8. The topological polar surface area (TPSA) is 79.7 Å². The Morgan fingerprint density at radius 3 is 2.81 bits per heavy atom. The number of β-amino-alcohol motifs (C(OH)–C–C–N with tert-alkyl or cyclic N) is 1. The van der Waals surface area contributed by atoms with Gasteiger partial charge in [0.1, 0.15) is 5.82 Å².